The largest absolute Gasteiger partial charge is 0.335 e. The van der Waals surface area contributed by atoms with E-state index in [9.17, 15) is 4.79 Å². The summed E-state index contributed by atoms with van der Waals surface area (Å²) in [7, 11) is 1.85. The number of nitrogens with zero attached hydrogens (tertiary/aromatic N) is 3. The van der Waals surface area contributed by atoms with Gasteiger partial charge >= 0.3 is 6.03 Å². The molecule has 0 saturated heterocycles. The van der Waals surface area contributed by atoms with Crippen LogP contribution >= 0.6 is 0 Å². The molecule has 25 heavy (non-hydrogen) atoms. The minimum atomic E-state index is -0.00960. The molecule has 1 heterocycles. The molecule has 0 saturated carbocycles. The highest BCUT2D eigenvalue weighted by molar-refractivity contribution is 5.74. The topological polar surface area (TPSA) is 50.2 Å². The molecule has 3 rings (SSSR count). The fourth-order valence-electron chi connectivity index (χ4n) is 3.41. The molecule has 5 nitrogen and oxygen atoms in total. The van der Waals surface area contributed by atoms with Gasteiger partial charge in [0.15, 0.2) is 0 Å². The fraction of sp³-hybridized carbons (Fsp3) is 0.500. The van der Waals surface area contributed by atoms with Crippen LogP contribution in [0, 0.1) is 6.92 Å². The molecule has 1 aromatic heterocycles. The van der Waals surface area contributed by atoms with Crippen LogP contribution in [0.25, 0.3) is 0 Å². The maximum atomic E-state index is 12.5. The third-order valence-corrected chi connectivity index (χ3v) is 4.89. The van der Waals surface area contributed by atoms with Gasteiger partial charge in [-0.2, -0.15) is 5.10 Å². The lowest BCUT2D eigenvalue weighted by molar-refractivity contribution is 0.201. The number of aromatic nitrogens is 2. The van der Waals surface area contributed by atoms with Gasteiger partial charge in [-0.15, -0.1) is 0 Å². The van der Waals surface area contributed by atoms with E-state index in [1.807, 2.05) is 13.2 Å². The number of fused-ring (bicyclic) bond motifs is 1. The summed E-state index contributed by atoms with van der Waals surface area (Å²) in [4.78, 5) is 14.3. The molecule has 0 aliphatic heterocycles. The summed E-state index contributed by atoms with van der Waals surface area (Å²) in [5, 5.41) is 7.70. The molecule has 0 fully saturated rings. The Bertz CT molecular complexity index is 733. The van der Waals surface area contributed by atoms with Gasteiger partial charge in [0.1, 0.15) is 0 Å². The highest BCUT2D eigenvalue weighted by atomic mass is 16.2. The van der Waals surface area contributed by atoms with Crippen molar-refractivity contribution in [1.29, 1.82) is 0 Å². The standard InChI is InChI=1S/C20H28N4O/c1-14(2)24-19-11-18(10-9-17(19)12-21-24)22-20(25)23(4)13-16-7-5-15(3)6-8-16/h5-8,12,14,18H,9-11,13H2,1-4H3,(H,22,25)/t18-/m1/s1. The van der Waals surface area contributed by atoms with Crippen LogP contribution in [0.3, 0.4) is 0 Å². The third-order valence-electron chi connectivity index (χ3n) is 4.89. The summed E-state index contributed by atoms with van der Waals surface area (Å²) in [5.74, 6) is 0. The van der Waals surface area contributed by atoms with Crippen molar-refractivity contribution >= 4 is 6.03 Å². The second kappa shape index (κ2) is 7.30. The van der Waals surface area contributed by atoms with E-state index in [1.165, 1.54) is 16.8 Å². The van der Waals surface area contributed by atoms with Crippen LogP contribution in [-0.2, 0) is 19.4 Å². The molecular weight excluding hydrogens is 312 g/mol. The first-order valence-electron chi connectivity index (χ1n) is 9.06. The predicted molar refractivity (Wildman–Crippen MR) is 99.6 cm³/mol. The first kappa shape index (κ1) is 17.5. The number of nitrogens with one attached hydrogen (secondary N) is 1. The summed E-state index contributed by atoms with van der Waals surface area (Å²) < 4.78 is 2.09. The molecular formula is C20H28N4O. The number of carbonyl (C=O) groups is 1. The van der Waals surface area contributed by atoms with Gasteiger partial charge in [0.2, 0.25) is 0 Å². The number of aryl methyl sites for hydroxylation is 2. The van der Waals surface area contributed by atoms with E-state index in [0.717, 1.165) is 24.8 Å². The van der Waals surface area contributed by atoms with Crippen molar-refractivity contribution in [3.8, 4) is 0 Å². The molecule has 1 aliphatic rings. The van der Waals surface area contributed by atoms with Gasteiger partial charge in [0.05, 0.1) is 6.20 Å². The molecule has 1 aromatic carbocycles. The van der Waals surface area contributed by atoms with Crippen molar-refractivity contribution in [2.24, 2.45) is 0 Å². The SMILES string of the molecule is Cc1ccc(CN(C)C(=O)N[C@@H]2CCc3cnn(C(C)C)c3C2)cc1. The van der Waals surface area contributed by atoms with E-state index < -0.39 is 0 Å². The molecule has 2 amide bonds. The molecule has 134 valence electrons. The van der Waals surface area contributed by atoms with Crippen molar-refractivity contribution in [2.75, 3.05) is 7.05 Å². The quantitative estimate of drug-likeness (QED) is 0.926. The Kier molecular flexibility index (Phi) is 5.11. The Morgan fingerprint density at radius 1 is 1.36 bits per heavy atom. The molecule has 1 atom stereocenters. The summed E-state index contributed by atoms with van der Waals surface area (Å²) in [6.07, 6.45) is 4.80. The zero-order chi connectivity index (χ0) is 18.0. The monoisotopic (exact) mass is 340 g/mol. The van der Waals surface area contributed by atoms with Crippen molar-refractivity contribution in [3.05, 3.63) is 52.8 Å². The van der Waals surface area contributed by atoms with E-state index >= 15 is 0 Å². The summed E-state index contributed by atoms with van der Waals surface area (Å²) in [6, 6.07) is 8.83. The number of amides is 2. The maximum Gasteiger partial charge on any atom is 0.317 e. The van der Waals surface area contributed by atoms with Gasteiger partial charge in [0.25, 0.3) is 0 Å². The molecule has 1 aliphatic carbocycles. The maximum absolute atomic E-state index is 12.5. The Morgan fingerprint density at radius 3 is 2.76 bits per heavy atom. The Morgan fingerprint density at radius 2 is 2.08 bits per heavy atom. The lowest BCUT2D eigenvalue weighted by Gasteiger charge is -2.27. The number of carbonyl (C=O) groups excluding carboxylic acids is 1. The van der Waals surface area contributed by atoms with E-state index in [1.54, 1.807) is 4.90 Å². The number of benzene rings is 1. The van der Waals surface area contributed by atoms with Crippen molar-refractivity contribution < 1.29 is 4.79 Å². The Hall–Kier alpha value is -2.30. The van der Waals surface area contributed by atoms with Crippen LogP contribution in [0.5, 0.6) is 0 Å². The molecule has 2 aromatic rings. The average molecular weight is 340 g/mol. The van der Waals surface area contributed by atoms with Crippen LogP contribution < -0.4 is 5.32 Å². The second-order valence-electron chi connectivity index (χ2n) is 7.39. The minimum absolute atomic E-state index is 0.00960. The van der Waals surface area contributed by atoms with Gasteiger partial charge in [-0.1, -0.05) is 29.8 Å². The van der Waals surface area contributed by atoms with E-state index in [0.29, 0.717) is 12.6 Å². The van der Waals surface area contributed by atoms with Gasteiger partial charge in [0, 0.05) is 37.8 Å². The minimum Gasteiger partial charge on any atom is -0.335 e. The van der Waals surface area contributed by atoms with Gasteiger partial charge in [-0.3, -0.25) is 4.68 Å². The number of hydrogen-bond donors (Lipinski definition) is 1. The zero-order valence-electron chi connectivity index (χ0n) is 15.6. The summed E-state index contributed by atoms with van der Waals surface area (Å²) >= 11 is 0. The molecule has 0 bridgehead atoms. The van der Waals surface area contributed by atoms with Crippen LogP contribution in [-0.4, -0.2) is 33.8 Å². The van der Waals surface area contributed by atoms with Gasteiger partial charge < -0.3 is 10.2 Å². The highest BCUT2D eigenvalue weighted by Gasteiger charge is 2.25. The molecule has 0 radical (unpaired) electrons. The van der Waals surface area contributed by atoms with Crippen molar-refractivity contribution in [3.63, 3.8) is 0 Å². The number of hydrogen-bond acceptors (Lipinski definition) is 2. The Balaban J connectivity index is 1.59. The van der Waals surface area contributed by atoms with E-state index in [4.69, 9.17) is 0 Å². The molecule has 1 N–H and O–H groups in total. The van der Waals surface area contributed by atoms with Crippen LogP contribution in [0.1, 0.15) is 48.7 Å². The molecule has 5 heteroatoms. The van der Waals surface area contributed by atoms with Crippen molar-refractivity contribution in [1.82, 2.24) is 20.0 Å². The number of urea groups is 1. The average Bonchev–Trinajstić information content (AvgIpc) is 3.00. The smallest absolute Gasteiger partial charge is 0.317 e. The molecule has 0 unspecified atom stereocenters. The first-order valence-corrected chi connectivity index (χ1v) is 9.06. The third kappa shape index (κ3) is 4.03. The summed E-state index contributed by atoms with van der Waals surface area (Å²) in [6.45, 7) is 6.98. The second-order valence-corrected chi connectivity index (χ2v) is 7.39. The van der Waals surface area contributed by atoms with Crippen LogP contribution in [0.4, 0.5) is 4.79 Å². The van der Waals surface area contributed by atoms with E-state index in [-0.39, 0.29) is 12.1 Å². The van der Waals surface area contributed by atoms with Gasteiger partial charge in [-0.25, -0.2) is 4.79 Å². The highest BCUT2D eigenvalue weighted by Crippen LogP contribution is 2.23. The fourth-order valence-corrected chi connectivity index (χ4v) is 3.41. The van der Waals surface area contributed by atoms with Gasteiger partial charge in [-0.05, 0) is 44.7 Å². The Labute approximate surface area is 150 Å². The number of rotatable bonds is 4. The van der Waals surface area contributed by atoms with E-state index in [2.05, 4.69) is 60.1 Å². The van der Waals surface area contributed by atoms with Crippen LogP contribution in [0.15, 0.2) is 30.5 Å². The normalized spacial score (nSPS) is 16.6. The predicted octanol–water partition coefficient (Wildman–Crippen LogP) is 3.47. The first-order chi connectivity index (χ1) is 11.9. The summed E-state index contributed by atoms with van der Waals surface area (Å²) in [5.41, 5.74) is 4.97. The molecule has 0 spiro atoms. The van der Waals surface area contributed by atoms with Crippen LogP contribution in [0.2, 0.25) is 0 Å². The lowest BCUT2D eigenvalue weighted by Crippen LogP contribution is -2.45. The lowest BCUT2D eigenvalue weighted by atomic mass is 9.93. The van der Waals surface area contributed by atoms with Crippen molar-refractivity contribution in [2.45, 2.75) is 58.7 Å². The zero-order valence-corrected chi connectivity index (χ0v) is 15.6.